The number of nitrogens with one attached hydrogen (secondary N) is 1. The van der Waals surface area contributed by atoms with Crippen molar-refractivity contribution in [2.45, 2.75) is 19.5 Å². The van der Waals surface area contributed by atoms with Gasteiger partial charge in [-0.2, -0.15) is 4.98 Å². The van der Waals surface area contributed by atoms with Crippen molar-refractivity contribution in [1.82, 2.24) is 18.7 Å². The van der Waals surface area contributed by atoms with E-state index in [4.69, 9.17) is 23.2 Å². The van der Waals surface area contributed by atoms with Gasteiger partial charge in [-0.05, 0) is 24.6 Å². The molecule has 0 aliphatic carbocycles. The maximum atomic E-state index is 13.0. The van der Waals surface area contributed by atoms with Crippen LogP contribution in [0.15, 0.2) is 27.8 Å². The molecule has 0 bridgehead atoms. The van der Waals surface area contributed by atoms with E-state index in [0.29, 0.717) is 21.6 Å². The van der Waals surface area contributed by atoms with Crippen molar-refractivity contribution in [2.75, 3.05) is 11.9 Å². The zero-order valence-corrected chi connectivity index (χ0v) is 16.5. The standard InChI is InChI=1S/C17H19Cl2N5O3/c1-9(8-25)20-16-21-14-13(22(16)2)15(26)24(17(27)23(14)3)7-10-4-5-11(18)6-12(10)19/h4-6,9,25H,7-8H2,1-3H3,(H,20,21). The number of aromatic nitrogens is 4. The minimum absolute atomic E-state index is 0.0123. The van der Waals surface area contributed by atoms with Crippen molar-refractivity contribution >= 4 is 40.3 Å². The lowest BCUT2D eigenvalue weighted by Gasteiger charge is -2.11. The second kappa shape index (κ2) is 7.38. The van der Waals surface area contributed by atoms with Gasteiger partial charge in [0.15, 0.2) is 11.2 Å². The van der Waals surface area contributed by atoms with Gasteiger partial charge in [-0.3, -0.25) is 13.9 Å². The van der Waals surface area contributed by atoms with E-state index in [1.165, 1.54) is 4.57 Å². The summed E-state index contributed by atoms with van der Waals surface area (Å²) in [5, 5.41) is 13.1. The summed E-state index contributed by atoms with van der Waals surface area (Å²) < 4.78 is 4.00. The highest BCUT2D eigenvalue weighted by atomic mass is 35.5. The zero-order valence-electron chi connectivity index (χ0n) is 15.0. The van der Waals surface area contributed by atoms with Crippen LogP contribution in [-0.2, 0) is 20.6 Å². The lowest BCUT2D eigenvalue weighted by molar-refractivity contribution is 0.281. The number of fused-ring (bicyclic) bond motifs is 1. The summed E-state index contributed by atoms with van der Waals surface area (Å²) in [7, 11) is 3.23. The maximum absolute atomic E-state index is 13.0. The predicted molar refractivity (Wildman–Crippen MR) is 106 cm³/mol. The molecule has 2 N–H and O–H groups in total. The van der Waals surface area contributed by atoms with Crippen molar-refractivity contribution in [1.29, 1.82) is 0 Å². The van der Waals surface area contributed by atoms with E-state index in [2.05, 4.69) is 10.3 Å². The Labute approximate surface area is 164 Å². The molecule has 0 saturated heterocycles. The molecule has 2 heterocycles. The number of anilines is 1. The lowest BCUT2D eigenvalue weighted by Crippen LogP contribution is -2.39. The molecular formula is C17H19Cl2N5O3. The van der Waals surface area contributed by atoms with Gasteiger partial charge < -0.3 is 15.0 Å². The summed E-state index contributed by atoms with van der Waals surface area (Å²) in [6.07, 6.45) is 0. The molecular weight excluding hydrogens is 393 g/mol. The number of imidazole rings is 1. The lowest BCUT2D eigenvalue weighted by atomic mass is 10.2. The van der Waals surface area contributed by atoms with Gasteiger partial charge in [-0.25, -0.2) is 4.79 Å². The highest BCUT2D eigenvalue weighted by Crippen LogP contribution is 2.21. The molecule has 2 aromatic heterocycles. The summed E-state index contributed by atoms with van der Waals surface area (Å²) in [6.45, 7) is 1.69. The monoisotopic (exact) mass is 411 g/mol. The first kappa shape index (κ1) is 19.5. The third-order valence-corrected chi connectivity index (χ3v) is 4.94. The fourth-order valence-electron chi connectivity index (χ4n) is 2.80. The molecule has 3 rings (SSSR count). The maximum Gasteiger partial charge on any atom is 0.332 e. The van der Waals surface area contributed by atoms with Gasteiger partial charge in [0, 0.05) is 30.2 Å². The highest BCUT2D eigenvalue weighted by molar-refractivity contribution is 6.35. The second-order valence-electron chi connectivity index (χ2n) is 6.36. The van der Waals surface area contributed by atoms with E-state index in [9.17, 15) is 14.7 Å². The van der Waals surface area contributed by atoms with Gasteiger partial charge in [-0.1, -0.05) is 29.3 Å². The molecule has 0 saturated carbocycles. The Morgan fingerprint density at radius 2 is 1.93 bits per heavy atom. The molecule has 0 spiro atoms. The van der Waals surface area contributed by atoms with Crippen LogP contribution < -0.4 is 16.6 Å². The quantitative estimate of drug-likeness (QED) is 0.664. The molecule has 1 unspecified atom stereocenters. The average molecular weight is 412 g/mol. The molecule has 0 aliphatic heterocycles. The number of halogens is 2. The van der Waals surface area contributed by atoms with Crippen molar-refractivity contribution in [3.05, 3.63) is 54.6 Å². The van der Waals surface area contributed by atoms with Gasteiger partial charge in [0.25, 0.3) is 5.56 Å². The topological polar surface area (TPSA) is 94.1 Å². The molecule has 3 aromatic rings. The SMILES string of the molecule is CC(CO)Nc1nc2c(c(=O)n(Cc3ccc(Cl)cc3Cl)c(=O)n2C)n1C. The Morgan fingerprint density at radius 3 is 2.56 bits per heavy atom. The van der Waals surface area contributed by atoms with Crippen LogP contribution in [0, 0.1) is 0 Å². The van der Waals surface area contributed by atoms with Gasteiger partial charge in [0.2, 0.25) is 5.95 Å². The number of nitrogens with zero attached hydrogens (tertiary/aromatic N) is 4. The highest BCUT2D eigenvalue weighted by Gasteiger charge is 2.19. The van der Waals surface area contributed by atoms with E-state index >= 15 is 0 Å². The Hall–Kier alpha value is -2.29. The van der Waals surface area contributed by atoms with Crippen LogP contribution >= 0.6 is 23.2 Å². The number of benzene rings is 1. The van der Waals surface area contributed by atoms with Crippen LogP contribution in [0.25, 0.3) is 11.2 Å². The molecule has 1 aromatic carbocycles. The van der Waals surface area contributed by atoms with E-state index < -0.39 is 11.2 Å². The third-order valence-electron chi connectivity index (χ3n) is 4.35. The fraction of sp³-hybridized carbons (Fsp3) is 0.353. The third kappa shape index (κ3) is 3.47. The normalized spacial score (nSPS) is 12.5. The molecule has 0 amide bonds. The van der Waals surface area contributed by atoms with E-state index in [1.807, 2.05) is 0 Å². The van der Waals surface area contributed by atoms with Gasteiger partial charge in [-0.15, -0.1) is 0 Å². The molecule has 0 fully saturated rings. The fourth-order valence-corrected chi connectivity index (χ4v) is 3.27. The van der Waals surface area contributed by atoms with Crippen LogP contribution in [0.5, 0.6) is 0 Å². The van der Waals surface area contributed by atoms with Gasteiger partial charge in [0.05, 0.1) is 13.2 Å². The van der Waals surface area contributed by atoms with Crippen LogP contribution in [-0.4, -0.2) is 36.4 Å². The number of aliphatic hydroxyl groups excluding tert-OH is 1. The van der Waals surface area contributed by atoms with Crippen molar-refractivity contribution < 1.29 is 5.11 Å². The molecule has 144 valence electrons. The van der Waals surface area contributed by atoms with E-state index in [-0.39, 0.29) is 30.4 Å². The minimum Gasteiger partial charge on any atom is -0.394 e. The van der Waals surface area contributed by atoms with Crippen molar-refractivity contribution in [3.63, 3.8) is 0 Å². The molecule has 8 nitrogen and oxygen atoms in total. The minimum atomic E-state index is -0.502. The summed E-state index contributed by atoms with van der Waals surface area (Å²) in [4.78, 5) is 30.1. The molecule has 27 heavy (non-hydrogen) atoms. The van der Waals surface area contributed by atoms with E-state index in [0.717, 1.165) is 4.57 Å². The number of rotatable bonds is 5. The van der Waals surface area contributed by atoms with Crippen molar-refractivity contribution in [3.8, 4) is 0 Å². The Morgan fingerprint density at radius 1 is 1.22 bits per heavy atom. The number of aliphatic hydroxyl groups is 1. The first-order valence-electron chi connectivity index (χ1n) is 8.22. The number of hydrogen-bond acceptors (Lipinski definition) is 5. The number of hydrogen-bond donors (Lipinski definition) is 2. The summed E-state index contributed by atoms with van der Waals surface area (Å²) >= 11 is 12.1. The Balaban J connectivity index is 2.18. The molecule has 0 aliphatic rings. The Kier molecular flexibility index (Phi) is 5.32. The van der Waals surface area contributed by atoms with Crippen LogP contribution in [0.4, 0.5) is 5.95 Å². The van der Waals surface area contributed by atoms with Gasteiger partial charge >= 0.3 is 5.69 Å². The summed E-state index contributed by atoms with van der Waals surface area (Å²) in [6, 6.07) is 4.64. The zero-order chi connectivity index (χ0) is 19.9. The van der Waals surface area contributed by atoms with E-state index in [1.54, 1.807) is 43.8 Å². The summed E-state index contributed by atoms with van der Waals surface area (Å²) in [5.74, 6) is 0.390. The largest absolute Gasteiger partial charge is 0.394 e. The molecule has 1 atom stereocenters. The average Bonchev–Trinajstić information content (AvgIpc) is 2.95. The van der Waals surface area contributed by atoms with Crippen molar-refractivity contribution in [2.24, 2.45) is 14.1 Å². The predicted octanol–water partition coefficient (Wildman–Crippen LogP) is 1.58. The number of aryl methyl sites for hydroxylation is 2. The molecule has 10 heteroatoms. The first-order chi connectivity index (χ1) is 12.7. The van der Waals surface area contributed by atoms with Crippen LogP contribution in [0.2, 0.25) is 10.0 Å². The first-order valence-corrected chi connectivity index (χ1v) is 8.97. The summed E-state index contributed by atoms with van der Waals surface area (Å²) in [5.41, 5.74) is 0.166. The second-order valence-corrected chi connectivity index (χ2v) is 7.21. The Bertz CT molecular complexity index is 1130. The molecule has 0 radical (unpaired) electrons. The van der Waals surface area contributed by atoms with Gasteiger partial charge in [0.1, 0.15) is 0 Å². The van der Waals surface area contributed by atoms with Crippen LogP contribution in [0.1, 0.15) is 12.5 Å². The van der Waals surface area contributed by atoms with Crippen LogP contribution in [0.3, 0.4) is 0 Å². The smallest absolute Gasteiger partial charge is 0.332 e.